The van der Waals surface area contributed by atoms with Crippen LogP contribution in [-0.4, -0.2) is 31.1 Å². The van der Waals surface area contributed by atoms with Crippen molar-refractivity contribution in [2.75, 3.05) is 18.1 Å². The fourth-order valence-electron chi connectivity index (χ4n) is 2.15. The molecule has 0 N–H and O–H groups in total. The van der Waals surface area contributed by atoms with Crippen molar-refractivity contribution in [3.63, 3.8) is 0 Å². The van der Waals surface area contributed by atoms with E-state index >= 15 is 0 Å². The Morgan fingerprint density at radius 1 is 1.29 bits per heavy atom. The van der Waals surface area contributed by atoms with Crippen molar-refractivity contribution in [2.45, 2.75) is 32.9 Å². The van der Waals surface area contributed by atoms with Gasteiger partial charge in [-0.1, -0.05) is 0 Å². The molecule has 0 radical (unpaired) electrons. The number of anilines is 1. The van der Waals surface area contributed by atoms with E-state index in [1.165, 1.54) is 0 Å². The molecule has 0 amide bonds. The number of ketones is 1. The Balaban J connectivity index is 2.18. The van der Waals surface area contributed by atoms with Gasteiger partial charge in [-0.25, -0.2) is 0 Å². The average Bonchev–Trinajstić information content (AvgIpc) is 2.32. The van der Waals surface area contributed by atoms with Gasteiger partial charge in [-0.3, -0.25) is 4.79 Å². The van der Waals surface area contributed by atoms with Crippen LogP contribution < -0.4 is 4.90 Å². The van der Waals surface area contributed by atoms with Gasteiger partial charge in [0, 0.05) is 23.8 Å². The van der Waals surface area contributed by atoms with E-state index in [-0.39, 0.29) is 11.9 Å². The lowest BCUT2D eigenvalue weighted by Gasteiger charge is -2.38. The zero-order valence-corrected chi connectivity index (χ0v) is 10.6. The summed E-state index contributed by atoms with van der Waals surface area (Å²) in [5, 5.41) is 0. The highest BCUT2D eigenvalue weighted by Crippen LogP contribution is 2.22. The third kappa shape index (κ3) is 2.67. The highest BCUT2D eigenvalue weighted by atomic mass is 16.5. The smallest absolute Gasteiger partial charge is 0.159 e. The summed E-state index contributed by atoms with van der Waals surface area (Å²) in [5.41, 5.74) is 1.93. The number of carbonyl (C=O) groups is 1. The van der Waals surface area contributed by atoms with Gasteiger partial charge in [0.2, 0.25) is 0 Å². The first kappa shape index (κ1) is 12.1. The summed E-state index contributed by atoms with van der Waals surface area (Å²) >= 11 is 0. The van der Waals surface area contributed by atoms with Gasteiger partial charge in [-0.15, -0.1) is 0 Å². The molecule has 1 heterocycles. The minimum absolute atomic E-state index is 0.111. The molecule has 3 nitrogen and oxygen atoms in total. The number of morpholine rings is 1. The summed E-state index contributed by atoms with van der Waals surface area (Å²) in [5.74, 6) is 0.111. The van der Waals surface area contributed by atoms with Crippen molar-refractivity contribution >= 4 is 11.5 Å². The molecule has 1 aromatic rings. The first-order chi connectivity index (χ1) is 8.08. The normalized spacial score (nSPS) is 24.8. The quantitative estimate of drug-likeness (QED) is 0.735. The Morgan fingerprint density at radius 3 is 2.53 bits per heavy atom. The molecule has 1 aromatic carbocycles. The van der Waals surface area contributed by atoms with Crippen molar-refractivity contribution < 1.29 is 9.53 Å². The highest BCUT2D eigenvalue weighted by Gasteiger charge is 2.23. The van der Waals surface area contributed by atoms with Gasteiger partial charge in [0.05, 0.1) is 12.7 Å². The molecule has 2 rings (SSSR count). The van der Waals surface area contributed by atoms with Crippen LogP contribution in [0, 0.1) is 0 Å². The molecule has 0 aromatic heterocycles. The van der Waals surface area contributed by atoms with E-state index in [9.17, 15) is 4.79 Å². The van der Waals surface area contributed by atoms with E-state index in [4.69, 9.17) is 4.74 Å². The second-order valence-corrected chi connectivity index (χ2v) is 4.75. The molecule has 3 heteroatoms. The van der Waals surface area contributed by atoms with Crippen molar-refractivity contribution in [1.29, 1.82) is 0 Å². The molecule has 0 spiro atoms. The molecule has 1 fully saturated rings. The Morgan fingerprint density at radius 2 is 1.94 bits per heavy atom. The summed E-state index contributed by atoms with van der Waals surface area (Å²) in [4.78, 5) is 13.5. The van der Waals surface area contributed by atoms with Crippen molar-refractivity contribution in [3.8, 4) is 0 Å². The van der Waals surface area contributed by atoms with Crippen LogP contribution in [0.1, 0.15) is 31.1 Å². The Kier molecular flexibility index (Phi) is 3.48. The van der Waals surface area contributed by atoms with E-state index in [1.807, 2.05) is 24.3 Å². The van der Waals surface area contributed by atoms with Gasteiger partial charge in [0.1, 0.15) is 0 Å². The van der Waals surface area contributed by atoms with Gasteiger partial charge in [-0.2, -0.15) is 0 Å². The van der Waals surface area contributed by atoms with Crippen LogP contribution in [0.25, 0.3) is 0 Å². The number of hydrogen-bond acceptors (Lipinski definition) is 3. The SMILES string of the molecule is CC(=O)c1ccc(N2CC(C)OCC2C)cc1. The van der Waals surface area contributed by atoms with Gasteiger partial charge >= 0.3 is 0 Å². The topological polar surface area (TPSA) is 29.5 Å². The first-order valence-corrected chi connectivity index (χ1v) is 6.07. The number of Topliss-reactive ketones (excluding diaryl/α,β-unsaturated/α-hetero) is 1. The first-order valence-electron chi connectivity index (χ1n) is 6.07. The molecular formula is C14H19NO2. The van der Waals surface area contributed by atoms with Crippen molar-refractivity contribution in [1.82, 2.24) is 0 Å². The summed E-state index contributed by atoms with van der Waals surface area (Å²) < 4.78 is 5.61. The predicted molar refractivity (Wildman–Crippen MR) is 68.7 cm³/mol. The molecule has 1 saturated heterocycles. The number of hydrogen-bond donors (Lipinski definition) is 0. The number of benzene rings is 1. The molecular weight excluding hydrogens is 214 g/mol. The van der Waals surface area contributed by atoms with Crippen LogP contribution in [0.2, 0.25) is 0 Å². The predicted octanol–water partition coefficient (Wildman–Crippen LogP) is 2.50. The van der Waals surface area contributed by atoms with E-state index < -0.39 is 0 Å². The van der Waals surface area contributed by atoms with Gasteiger partial charge in [0.15, 0.2) is 5.78 Å². The maximum atomic E-state index is 11.2. The van der Waals surface area contributed by atoms with Gasteiger partial charge < -0.3 is 9.64 Å². The number of ether oxygens (including phenoxy) is 1. The average molecular weight is 233 g/mol. The van der Waals surface area contributed by atoms with Crippen molar-refractivity contribution in [2.24, 2.45) is 0 Å². The minimum Gasteiger partial charge on any atom is -0.375 e. The second-order valence-electron chi connectivity index (χ2n) is 4.75. The summed E-state index contributed by atoms with van der Waals surface area (Å²) in [6.07, 6.45) is 0.263. The zero-order valence-electron chi connectivity index (χ0n) is 10.6. The third-order valence-electron chi connectivity index (χ3n) is 3.21. The highest BCUT2D eigenvalue weighted by molar-refractivity contribution is 5.94. The molecule has 1 aliphatic rings. The fourth-order valence-corrected chi connectivity index (χ4v) is 2.15. The zero-order chi connectivity index (χ0) is 12.4. The van der Waals surface area contributed by atoms with Gasteiger partial charge in [0.25, 0.3) is 0 Å². The standard InChI is InChI=1S/C14H19NO2/c1-10-9-17-11(2)8-15(10)14-6-4-13(5-7-14)12(3)16/h4-7,10-11H,8-9H2,1-3H3. The number of rotatable bonds is 2. The summed E-state index contributed by atoms with van der Waals surface area (Å²) in [6.45, 7) is 7.50. The van der Waals surface area contributed by atoms with E-state index in [0.717, 1.165) is 24.4 Å². The maximum Gasteiger partial charge on any atom is 0.159 e. The van der Waals surface area contributed by atoms with Crippen LogP contribution >= 0.6 is 0 Å². The van der Waals surface area contributed by atoms with Crippen LogP contribution in [0.3, 0.4) is 0 Å². The number of carbonyl (C=O) groups excluding carboxylic acids is 1. The molecule has 0 aliphatic carbocycles. The summed E-state index contributed by atoms with van der Waals surface area (Å²) in [6, 6.07) is 8.21. The molecule has 92 valence electrons. The maximum absolute atomic E-state index is 11.2. The van der Waals surface area contributed by atoms with Crippen LogP contribution in [-0.2, 0) is 4.74 Å². The van der Waals surface area contributed by atoms with E-state index in [2.05, 4.69) is 18.7 Å². The lowest BCUT2D eigenvalue weighted by Crippen LogP contribution is -2.47. The molecule has 0 saturated carbocycles. The largest absolute Gasteiger partial charge is 0.375 e. The molecule has 1 aliphatic heterocycles. The molecule has 0 bridgehead atoms. The van der Waals surface area contributed by atoms with Gasteiger partial charge in [-0.05, 0) is 45.0 Å². The number of nitrogens with zero attached hydrogens (tertiary/aromatic N) is 1. The van der Waals surface area contributed by atoms with Crippen LogP contribution in [0.4, 0.5) is 5.69 Å². The Bertz CT molecular complexity index is 399. The van der Waals surface area contributed by atoms with E-state index in [0.29, 0.717) is 6.04 Å². The molecule has 17 heavy (non-hydrogen) atoms. The lowest BCUT2D eigenvalue weighted by atomic mass is 10.1. The fraction of sp³-hybridized carbons (Fsp3) is 0.500. The van der Waals surface area contributed by atoms with Crippen LogP contribution in [0.5, 0.6) is 0 Å². The molecule has 2 atom stereocenters. The lowest BCUT2D eigenvalue weighted by molar-refractivity contribution is 0.0344. The minimum atomic E-state index is 0.111. The Labute approximate surface area is 102 Å². The van der Waals surface area contributed by atoms with E-state index in [1.54, 1.807) is 6.92 Å². The Hall–Kier alpha value is -1.35. The third-order valence-corrected chi connectivity index (χ3v) is 3.21. The summed E-state index contributed by atoms with van der Waals surface area (Å²) in [7, 11) is 0. The monoisotopic (exact) mass is 233 g/mol. The second kappa shape index (κ2) is 4.88. The molecule has 2 unspecified atom stereocenters. The van der Waals surface area contributed by atoms with Crippen molar-refractivity contribution in [3.05, 3.63) is 29.8 Å². The van der Waals surface area contributed by atoms with Crippen LogP contribution in [0.15, 0.2) is 24.3 Å².